The van der Waals surface area contributed by atoms with Crippen LogP contribution in [0.1, 0.15) is 32.1 Å². The summed E-state index contributed by atoms with van der Waals surface area (Å²) in [6.07, 6.45) is 13.8. The summed E-state index contributed by atoms with van der Waals surface area (Å²) in [6.45, 7) is 2.68. The molecule has 0 N–H and O–H groups in total. The van der Waals surface area contributed by atoms with Crippen LogP contribution in [0.3, 0.4) is 0 Å². The first-order chi connectivity index (χ1) is 7.43. The fourth-order valence-electron chi connectivity index (χ4n) is 2.88. The van der Waals surface area contributed by atoms with Crippen LogP contribution in [-0.4, -0.2) is 23.4 Å². The van der Waals surface area contributed by atoms with Crippen molar-refractivity contribution < 1.29 is 0 Å². The van der Waals surface area contributed by atoms with Crippen LogP contribution in [0.25, 0.3) is 0 Å². The minimum atomic E-state index is 0.793. The number of hydrogen-bond acceptors (Lipinski definition) is 2. The molecule has 0 aromatic heterocycles. The van der Waals surface area contributed by atoms with Gasteiger partial charge in [-0.25, -0.2) is 0 Å². The number of hydrogen-bond donors (Lipinski definition) is 0. The Labute approximate surface area is 96.6 Å². The van der Waals surface area contributed by atoms with E-state index in [0.717, 1.165) is 11.3 Å². The third-order valence-corrected chi connectivity index (χ3v) is 5.28. The van der Waals surface area contributed by atoms with E-state index in [1.807, 2.05) is 0 Å². The van der Waals surface area contributed by atoms with Crippen molar-refractivity contribution in [3.63, 3.8) is 0 Å². The molecule has 82 valence electrons. The molecule has 0 radical (unpaired) electrons. The molecule has 2 atom stereocenters. The van der Waals surface area contributed by atoms with Crippen molar-refractivity contribution in [2.45, 2.75) is 37.5 Å². The molecule has 15 heavy (non-hydrogen) atoms. The maximum atomic E-state index is 2.72. The van der Waals surface area contributed by atoms with Crippen molar-refractivity contribution in [3.8, 4) is 0 Å². The van der Waals surface area contributed by atoms with E-state index < -0.39 is 0 Å². The fourth-order valence-corrected chi connectivity index (χ4v) is 4.43. The van der Waals surface area contributed by atoms with E-state index in [1.54, 1.807) is 4.91 Å². The van der Waals surface area contributed by atoms with Gasteiger partial charge in [0.15, 0.2) is 0 Å². The van der Waals surface area contributed by atoms with Gasteiger partial charge < -0.3 is 0 Å². The molecule has 2 saturated heterocycles. The van der Waals surface area contributed by atoms with E-state index in [4.69, 9.17) is 0 Å². The standard InChI is InChI=1S/C13H19NS/c1-4-8-14(9-5-1)13-10-11-6-2-3-7-12(11)15-13/h2-3,7,11,13H,1,4-6,8-10H2. The lowest BCUT2D eigenvalue weighted by Crippen LogP contribution is -2.36. The van der Waals surface area contributed by atoms with Crippen molar-refractivity contribution in [2.75, 3.05) is 13.1 Å². The Balaban J connectivity index is 1.65. The van der Waals surface area contributed by atoms with Gasteiger partial charge in [0.2, 0.25) is 0 Å². The van der Waals surface area contributed by atoms with Crippen molar-refractivity contribution in [1.82, 2.24) is 4.90 Å². The first-order valence-corrected chi connectivity index (χ1v) is 7.09. The molecule has 0 saturated carbocycles. The molecule has 2 heteroatoms. The summed E-state index contributed by atoms with van der Waals surface area (Å²) in [5.41, 5.74) is 0. The molecule has 0 spiro atoms. The van der Waals surface area contributed by atoms with Crippen molar-refractivity contribution in [3.05, 3.63) is 23.1 Å². The van der Waals surface area contributed by atoms with Gasteiger partial charge >= 0.3 is 0 Å². The highest BCUT2D eigenvalue weighted by Crippen LogP contribution is 2.46. The Morgan fingerprint density at radius 2 is 2.07 bits per heavy atom. The lowest BCUT2D eigenvalue weighted by molar-refractivity contribution is 0.203. The number of allylic oxidation sites excluding steroid dienone is 4. The van der Waals surface area contributed by atoms with Crippen molar-refractivity contribution in [2.24, 2.45) is 5.92 Å². The monoisotopic (exact) mass is 221 g/mol. The first-order valence-electron chi connectivity index (χ1n) is 6.21. The Bertz CT molecular complexity index is 289. The van der Waals surface area contributed by atoms with Gasteiger partial charge in [0.05, 0.1) is 5.37 Å². The molecule has 0 aromatic carbocycles. The summed E-state index contributed by atoms with van der Waals surface area (Å²) in [5, 5.41) is 0.793. The lowest BCUT2D eigenvalue weighted by Gasteiger charge is -2.31. The number of piperidine rings is 1. The van der Waals surface area contributed by atoms with Crippen LogP contribution in [0.15, 0.2) is 23.1 Å². The van der Waals surface area contributed by atoms with Gasteiger partial charge in [0.25, 0.3) is 0 Å². The molecule has 2 heterocycles. The summed E-state index contributed by atoms with van der Waals surface area (Å²) >= 11 is 2.14. The normalized spacial score (nSPS) is 36.4. The van der Waals surface area contributed by atoms with E-state index in [-0.39, 0.29) is 0 Å². The van der Waals surface area contributed by atoms with Crippen molar-refractivity contribution >= 4 is 11.8 Å². The highest BCUT2D eigenvalue weighted by molar-refractivity contribution is 8.03. The molecule has 2 aliphatic heterocycles. The van der Waals surface area contributed by atoms with Gasteiger partial charge in [-0.1, -0.05) is 24.6 Å². The van der Waals surface area contributed by atoms with E-state index in [2.05, 4.69) is 34.9 Å². The summed E-state index contributed by atoms with van der Waals surface area (Å²) in [6, 6.07) is 0. The fraction of sp³-hybridized carbons (Fsp3) is 0.692. The molecule has 1 aliphatic carbocycles. The molecule has 0 aromatic rings. The maximum absolute atomic E-state index is 2.72. The Morgan fingerprint density at radius 3 is 2.87 bits per heavy atom. The van der Waals surface area contributed by atoms with Crippen LogP contribution in [0, 0.1) is 5.92 Å². The molecule has 2 fully saturated rings. The Kier molecular flexibility index (Phi) is 2.89. The van der Waals surface area contributed by atoms with Gasteiger partial charge in [-0.3, -0.25) is 4.90 Å². The summed E-state index contributed by atoms with van der Waals surface area (Å²) in [5.74, 6) is 0.854. The van der Waals surface area contributed by atoms with Crippen LogP contribution in [0.4, 0.5) is 0 Å². The zero-order chi connectivity index (χ0) is 10.1. The Morgan fingerprint density at radius 1 is 1.20 bits per heavy atom. The number of thioether (sulfide) groups is 1. The van der Waals surface area contributed by atoms with E-state index in [9.17, 15) is 0 Å². The minimum Gasteiger partial charge on any atom is -0.291 e. The predicted molar refractivity (Wildman–Crippen MR) is 66.8 cm³/mol. The minimum absolute atomic E-state index is 0.793. The van der Waals surface area contributed by atoms with E-state index in [1.165, 1.54) is 45.2 Å². The van der Waals surface area contributed by atoms with Gasteiger partial charge in [0.1, 0.15) is 0 Å². The molecule has 1 nitrogen and oxygen atoms in total. The average Bonchev–Trinajstić information content (AvgIpc) is 2.74. The van der Waals surface area contributed by atoms with E-state index >= 15 is 0 Å². The lowest BCUT2D eigenvalue weighted by atomic mass is 9.97. The van der Waals surface area contributed by atoms with Crippen LogP contribution >= 0.6 is 11.8 Å². The van der Waals surface area contributed by atoms with Crippen LogP contribution in [0.2, 0.25) is 0 Å². The number of nitrogens with zero attached hydrogens (tertiary/aromatic N) is 1. The van der Waals surface area contributed by atoms with Gasteiger partial charge in [0, 0.05) is 0 Å². The third kappa shape index (κ3) is 2.02. The highest BCUT2D eigenvalue weighted by atomic mass is 32.2. The SMILES string of the molecule is C1=CCC2CC(N3CCCCC3)SC2=C1. The van der Waals surface area contributed by atoms with Gasteiger partial charge in [-0.05, 0) is 49.6 Å². The van der Waals surface area contributed by atoms with Crippen LogP contribution in [-0.2, 0) is 0 Å². The molecular formula is C13H19NS. The van der Waals surface area contributed by atoms with Gasteiger partial charge in [-0.15, -0.1) is 11.8 Å². The highest BCUT2D eigenvalue weighted by Gasteiger charge is 2.33. The number of fused-ring (bicyclic) bond motifs is 1. The van der Waals surface area contributed by atoms with Gasteiger partial charge in [-0.2, -0.15) is 0 Å². The van der Waals surface area contributed by atoms with Crippen LogP contribution < -0.4 is 0 Å². The second-order valence-corrected chi connectivity index (χ2v) is 6.09. The zero-order valence-electron chi connectivity index (χ0n) is 9.19. The average molecular weight is 221 g/mol. The topological polar surface area (TPSA) is 3.24 Å². The van der Waals surface area contributed by atoms with Crippen LogP contribution in [0.5, 0.6) is 0 Å². The molecule has 0 amide bonds. The second kappa shape index (κ2) is 4.34. The number of likely N-dealkylation sites (tertiary alicyclic amines) is 1. The zero-order valence-corrected chi connectivity index (χ0v) is 10.0. The molecule has 3 aliphatic rings. The number of rotatable bonds is 1. The molecule has 2 unspecified atom stereocenters. The van der Waals surface area contributed by atoms with Crippen molar-refractivity contribution in [1.29, 1.82) is 0 Å². The summed E-state index contributed by atoms with van der Waals surface area (Å²) in [4.78, 5) is 4.36. The first kappa shape index (κ1) is 9.98. The molecule has 3 rings (SSSR count). The van der Waals surface area contributed by atoms with E-state index in [0.29, 0.717) is 0 Å². The second-order valence-electron chi connectivity index (χ2n) is 4.83. The molecular weight excluding hydrogens is 202 g/mol. The summed E-state index contributed by atoms with van der Waals surface area (Å²) < 4.78 is 0. The smallest absolute Gasteiger partial charge is 0.0607 e. The maximum Gasteiger partial charge on any atom is 0.0607 e. The summed E-state index contributed by atoms with van der Waals surface area (Å²) in [7, 11) is 0. The third-order valence-electron chi connectivity index (χ3n) is 3.78. The largest absolute Gasteiger partial charge is 0.291 e. The predicted octanol–water partition coefficient (Wildman–Crippen LogP) is 3.40. The molecule has 0 bridgehead atoms. The quantitative estimate of drug-likeness (QED) is 0.667. The Hall–Kier alpha value is -0.210.